The molecule has 18 heavy (non-hydrogen) atoms. The van der Waals surface area contributed by atoms with Crippen molar-refractivity contribution >= 4 is 11.9 Å². The van der Waals surface area contributed by atoms with Crippen molar-refractivity contribution in [3.05, 3.63) is 0 Å². The highest BCUT2D eigenvalue weighted by atomic mass is 16.6. The van der Waals surface area contributed by atoms with Gasteiger partial charge in [-0.05, 0) is 6.42 Å². The Hall–Kier alpha value is -1.14. The van der Waals surface area contributed by atoms with Crippen molar-refractivity contribution in [2.75, 3.05) is 13.2 Å². The van der Waals surface area contributed by atoms with Crippen LogP contribution in [0.2, 0.25) is 0 Å². The highest BCUT2D eigenvalue weighted by Crippen LogP contribution is 2.52. The van der Waals surface area contributed by atoms with Gasteiger partial charge in [0.15, 0.2) is 0 Å². The number of fused-ring (bicyclic) bond motifs is 1. The number of ether oxygens (including phenoxy) is 3. The molecule has 6 unspecified atom stereocenters. The van der Waals surface area contributed by atoms with E-state index in [9.17, 15) is 14.7 Å². The van der Waals surface area contributed by atoms with Crippen LogP contribution < -0.4 is 0 Å². The van der Waals surface area contributed by atoms with Crippen LogP contribution in [0.5, 0.6) is 0 Å². The summed E-state index contributed by atoms with van der Waals surface area (Å²) in [5.74, 6) is -2.29. The minimum absolute atomic E-state index is 0.149. The molecule has 3 aliphatic heterocycles. The summed E-state index contributed by atoms with van der Waals surface area (Å²) in [6.45, 7) is 2.09. The van der Waals surface area contributed by atoms with Gasteiger partial charge < -0.3 is 19.3 Å². The Balaban J connectivity index is 1.83. The molecule has 2 bridgehead atoms. The molecule has 0 aromatic carbocycles. The number of aliphatic hydroxyl groups excluding tert-OH is 1. The van der Waals surface area contributed by atoms with E-state index in [1.807, 2.05) is 6.92 Å². The quantitative estimate of drug-likeness (QED) is 0.682. The molecular weight excluding hydrogens is 240 g/mol. The molecule has 0 spiro atoms. The molecular formula is C12H16O6. The molecule has 6 atom stereocenters. The lowest BCUT2D eigenvalue weighted by Gasteiger charge is -2.25. The van der Waals surface area contributed by atoms with Gasteiger partial charge in [0.25, 0.3) is 0 Å². The van der Waals surface area contributed by atoms with Crippen LogP contribution in [0.1, 0.15) is 13.3 Å². The molecule has 100 valence electrons. The maximum atomic E-state index is 12.0. The molecule has 3 rings (SSSR count). The number of hydrogen-bond acceptors (Lipinski definition) is 6. The Bertz CT molecular complexity index is 381. The molecule has 3 saturated heterocycles. The molecule has 0 aromatic rings. The van der Waals surface area contributed by atoms with E-state index in [1.54, 1.807) is 0 Å². The predicted octanol–water partition coefficient (Wildman–Crippen LogP) is -0.513. The zero-order valence-electron chi connectivity index (χ0n) is 10.1. The van der Waals surface area contributed by atoms with Crippen LogP contribution in [0.3, 0.4) is 0 Å². The summed E-state index contributed by atoms with van der Waals surface area (Å²) in [4.78, 5) is 23.7. The average Bonchev–Trinajstić information content (AvgIpc) is 2.95. The standard InChI is InChI=1S/C12H16O6/c1-2-3-16-11(14)6-7-10-9(18-12(7)15)5(4-13)8(6)17-10/h5-10,13H,2-4H2,1H3. The summed E-state index contributed by atoms with van der Waals surface area (Å²) >= 11 is 0. The van der Waals surface area contributed by atoms with Crippen LogP contribution >= 0.6 is 0 Å². The van der Waals surface area contributed by atoms with Gasteiger partial charge in [0.2, 0.25) is 0 Å². The largest absolute Gasteiger partial charge is 0.465 e. The molecule has 0 radical (unpaired) electrons. The monoisotopic (exact) mass is 256 g/mol. The molecule has 6 heteroatoms. The number of rotatable bonds is 4. The minimum atomic E-state index is -0.620. The normalized spacial score (nSPS) is 44.2. The summed E-state index contributed by atoms with van der Waals surface area (Å²) in [5, 5.41) is 9.35. The van der Waals surface area contributed by atoms with Crippen LogP contribution in [0.25, 0.3) is 0 Å². The Labute approximate surface area is 104 Å². The Morgan fingerprint density at radius 1 is 1.39 bits per heavy atom. The molecule has 0 aliphatic carbocycles. The Morgan fingerprint density at radius 2 is 2.17 bits per heavy atom. The van der Waals surface area contributed by atoms with Crippen molar-refractivity contribution in [1.82, 2.24) is 0 Å². The van der Waals surface area contributed by atoms with Gasteiger partial charge in [-0.1, -0.05) is 6.92 Å². The van der Waals surface area contributed by atoms with Gasteiger partial charge in [-0.2, -0.15) is 0 Å². The van der Waals surface area contributed by atoms with E-state index >= 15 is 0 Å². The second-order valence-corrected chi connectivity index (χ2v) is 5.03. The maximum Gasteiger partial charge on any atom is 0.313 e. The highest BCUT2D eigenvalue weighted by Gasteiger charge is 2.70. The SMILES string of the molecule is CCCOC(=O)C1C2OC3C(OC(=O)C31)C2CO. The third-order valence-corrected chi connectivity index (χ3v) is 4.03. The molecule has 6 nitrogen and oxygen atoms in total. The predicted molar refractivity (Wildman–Crippen MR) is 57.3 cm³/mol. The van der Waals surface area contributed by atoms with Crippen LogP contribution in [0, 0.1) is 17.8 Å². The molecule has 1 N–H and O–H groups in total. The fraction of sp³-hybridized carbons (Fsp3) is 0.833. The summed E-state index contributed by atoms with van der Waals surface area (Å²) < 4.78 is 15.9. The van der Waals surface area contributed by atoms with E-state index in [0.717, 1.165) is 6.42 Å². The summed E-state index contributed by atoms with van der Waals surface area (Å²) in [5.41, 5.74) is 0. The fourth-order valence-electron chi connectivity index (χ4n) is 3.27. The fourth-order valence-corrected chi connectivity index (χ4v) is 3.27. The van der Waals surface area contributed by atoms with E-state index in [2.05, 4.69) is 0 Å². The first-order valence-electron chi connectivity index (χ1n) is 6.32. The zero-order chi connectivity index (χ0) is 12.9. The van der Waals surface area contributed by atoms with E-state index in [1.165, 1.54) is 0 Å². The molecule has 3 heterocycles. The Morgan fingerprint density at radius 3 is 2.83 bits per heavy atom. The number of esters is 2. The first-order valence-corrected chi connectivity index (χ1v) is 6.32. The van der Waals surface area contributed by atoms with Crippen LogP contribution in [0.15, 0.2) is 0 Å². The first-order chi connectivity index (χ1) is 8.69. The third-order valence-electron chi connectivity index (χ3n) is 4.03. The smallest absolute Gasteiger partial charge is 0.313 e. The minimum Gasteiger partial charge on any atom is -0.465 e. The van der Waals surface area contributed by atoms with Crippen molar-refractivity contribution in [1.29, 1.82) is 0 Å². The second-order valence-electron chi connectivity index (χ2n) is 5.03. The van der Waals surface area contributed by atoms with Crippen molar-refractivity contribution in [3.63, 3.8) is 0 Å². The summed E-state index contributed by atoms with van der Waals surface area (Å²) in [7, 11) is 0. The number of carbonyl (C=O) groups excluding carboxylic acids is 2. The number of hydrogen-bond donors (Lipinski definition) is 1. The zero-order valence-corrected chi connectivity index (χ0v) is 10.1. The van der Waals surface area contributed by atoms with E-state index in [4.69, 9.17) is 14.2 Å². The van der Waals surface area contributed by atoms with Crippen molar-refractivity contribution in [2.45, 2.75) is 31.7 Å². The van der Waals surface area contributed by atoms with Crippen molar-refractivity contribution in [2.24, 2.45) is 17.8 Å². The number of carbonyl (C=O) groups is 2. The van der Waals surface area contributed by atoms with Crippen molar-refractivity contribution in [3.8, 4) is 0 Å². The average molecular weight is 256 g/mol. The maximum absolute atomic E-state index is 12.0. The van der Waals surface area contributed by atoms with E-state index in [-0.39, 0.29) is 18.6 Å². The van der Waals surface area contributed by atoms with Gasteiger partial charge >= 0.3 is 11.9 Å². The van der Waals surface area contributed by atoms with Crippen LogP contribution in [-0.4, -0.2) is 48.6 Å². The van der Waals surface area contributed by atoms with Crippen LogP contribution in [0.4, 0.5) is 0 Å². The van der Waals surface area contributed by atoms with Gasteiger partial charge in [-0.25, -0.2) is 0 Å². The van der Waals surface area contributed by atoms with Crippen molar-refractivity contribution < 1.29 is 28.9 Å². The molecule has 0 saturated carbocycles. The van der Waals surface area contributed by atoms with Gasteiger partial charge in [0.1, 0.15) is 18.1 Å². The summed E-state index contributed by atoms with van der Waals surface area (Å²) in [6.07, 6.45) is -0.508. The lowest BCUT2D eigenvalue weighted by atomic mass is 9.74. The third kappa shape index (κ3) is 1.42. The topological polar surface area (TPSA) is 82.1 Å². The molecule has 3 aliphatic rings. The lowest BCUT2D eigenvalue weighted by Crippen LogP contribution is -2.44. The molecule has 3 fully saturated rings. The molecule has 0 aromatic heterocycles. The van der Waals surface area contributed by atoms with Gasteiger partial charge in [-0.15, -0.1) is 0 Å². The van der Waals surface area contributed by atoms with Crippen LogP contribution in [-0.2, 0) is 23.8 Å². The second kappa shape index (κ2) is 4.20. The number of aliphatic hydroxyl groups is 1. The highest BCUT2D eigenvalue weighted by molar-refractivity contribution is 5.86. The van der Waals surface area contributed by atoms with Gasteiger partial charge in [0, 0.05) is 5.92 Å². The molecule has 0 amide bonds. The van der Waals surface area contributed by atoms with E-state index in [0.29, 0.717) is 6.61 Å². The van der Waals surface area contributed by atoms with Gasteiger partial charge in [0.05, 0.1) is 25.2 Å². The summed E-state index contributed by atoms with van der Waals surface area (Å²) in [6, 6.07) is 0. The first kappa shape index (κ1) is 11.9. The van der Waals surface area contributed by atoms with Gasteiger partial charge in [-0.3, -0.25) is 9.59 Å². The Kier molecular flexibility index (Phi) is 2.79. The van der Waals surface area contributed by atoms with E-state index < -0.39 is 36.0 Å². The lowest BCUT2D eigenvalue weighted by molar-refractivity contribution is -0.155.